The fourth-order valence-corrected chi connectivity index (χ4v) is 6.24. The van der Waals surface area contributed by atoms with E-state index in [4.69, 9.17) is 22.9 Å². The molecule has 0 fully saturated rings. The van der Waals surface area contributed by atoms with Crippen LogP contribution in [0.1, 0.15) is 69.9 Å². The molecule has 24 heteroatoms. The predicted molar refractivity (Wildman–Crippen MR) is 232 cm³/mol. The Bertz CT molecular complexity index is 2070. The molecule has 66 heavy (non-hydrogen) atoms. The van der Waals surface area contributed by atoms with Crippen LogP contribution >= 0.6 is 0 Å². The number of amides is 9. The molecule has 0 aliphatic heterocycles. The van der Waals surface area contributed by atoms with Crippen LogP contribution in [0.4, 0.5) is 0 Å². The summed E-state index contributed by atoms with van der Waals surface area (Å²) in [5.41, 5.74) is 22.4. The smallest absolute Gasteiger partial charge is 0.303 e. The van der Waals surface area contributed by atoms with E-state index in [9.17, 15) is 68.1 Å². The summed E-state index contributed by atoms with van der Waals surface area (Å²) < 4.78 is 0. The number of benzene rings is 2. The van der Waals surface area contributed by atoms with Gasteiger partial charge >= 0.3 is 11.9 Å². The first-order valence-electron chi connectivity index (χ1n) is 20.7. The monoisotopic (exact) mass is 926 g/mol. The minimum absolute atomic E-state index is 0.122. The molecule has 0 aliphatic rings. The number of hydrogen-bond acceptors (Lipinski definition) is 13. The van der Waals surface area contributed by atoms with Crippen LogP contribution in [0.5, 0.6) is 5.75 Å². The highest BCUT2D eigenvalue weighted by molar-refractivity contribution is 5.98. The first-order valence-corrected chi connectivity index (χ1v) is 20.7. The number of carbonyl (C=O) groups excluding carboxylic acids is 9. The molecule has 0 saturated carbocycles. The minimum atomic E-state index is -1.74. The third kappa shape index (κ3) is 19.8. The second-order valence-electron chi connectivity index (χ2n) is 15.6. The molecule has 2 aromatic carbocycles. The van der Waals surface area contributed by atoms with Crippen LogP contribution < -0.4 is 54.8 Å². The highest BCUT2D eigenvalue weighted by Gasteiger charge is 2.35. The zero-order valence-electron chi connectivity index (χ0n) is 36.3. The number of carboxylic acid groups (broad SMARTS) is 2. The van der Waals surface area contributed by atoms with Gasteiger partial charge in [-0.25, -0.2) is 0 Å². The Morgan fingerprint density at radius 2 is 0.909 bits per heavy atom. The summed E-state index contributed by atoms with van der Waals surface area (Å²) in [5.74, 6) is -12.3. The number of phenolic OH excluding ortho intramolecular Hbond substituents is 1. The van der Waals surface area contributed by atoms with Crippen LogP contribution in [0.25, 0.3) is 0 Å². The normalized spacial score (nSPS) is 14.1. The Labute approximate surface area is 378 Å². The molecule has 2 rings (SSSR count). The van der Waals surface area contributed by atoms with Crippen molar-refractivity contribution in [3.8, 4) is 5.75 Å². The van der Waals surface area contributed by atoms with Crippen LogP contribution in [0, 0.1) is 5.92 Å². The van der Waals surface area contributed by atoms with Gasteiger partial charge in [0.05, 0.1) is 12.5 Å². The van der Waals surface area contributed by atoms with E-state index < -0.39 is 145 Å². The summed E-state index contributed by atoms with van der Waals surface area (Å²) in [4.78, 5) is 140. The lowest BCUT2D eigenvalue weighted by Crippen LogP contribution is -2.61. The van der Waals surface area contributed by atoms with Crippen LogP contribution in [-0.2, 0) is 65.6 Å². The molecular weight excluding hydrogens is 869 g/mol. The summed E-state index contributed by atoms with van der Waals surface area (Å²) >= 11 is 0. The van der Waals surface area contributed by atoms with Crippen LogP contribution in [0.2, 0.25) is 0 Å². The zero-order valence-corrected chi connectivity index (χ0v) is 36.3. The molecule has 0 heterocycles. The zero-order chi connectivity index (χ0) is 49.7. The van der Waals surface area contributed by atoms with E-state index in [1.165, 1.54) is 24.3 Å². The molecule has 7 atom stereocenters. The number of aliphatic carboxylic acids is 2. The highest BCUT2D eigenvalue weighted by Crippen LogP contribution is 2.14. The molecule has 360 valence electrons. The average molecular weight is 927 g/mol. The average Bonchev–Trinajstić information content (AvgIpc) is 3.23. The number of nitrogens with one attached hydrogen (secondary N) is 6. The molecule has 24 nitrogen and oxygen atoms in total. The molecule has 0 aromatic heterocycles. The SMILES string of the molecule is CC(C)[C@H](NC(=O)[C@H](Cc1ccccc1)NC(=O)[C@H](CCC(=O)O)NC(=O)[C@H](CCC(=O)O)NC(=O)[C@H](Cc1ccc(O)cc1)NC(=O)[C@@H](N)CC(N)=O)C(=O)N[C@@H](CCC(N)=O)C(N)=O. The van der Waals surface area contributed by atoms with Crippen LogP contribution in [-0.4, -0.2) is 123 Å². The molecule has 0 aliphatic carbocycles. The molecule has 17 N–H and O–H groups in total. The fraction of sp³-hybridized carbons (Fsp3) is 0.452. The maximum absolute atomic E-state index is 14.0. The van der Waals surface area contributed by atoms with Gasteiger partial charge in [0.15, 0.2) is 0 Å². The van der Waals surface area contributed by atoms with Crippen LogP contribution in [0.15, 0.2) is 54.6 Å². The fourth-order valence-electron chi connectivity index (χ4n) is 6.24. The minimum Gasteiger partial charge on any atom is -0.508 e. The molecule has 0 saturated heterocycles. The van der Waals surface area contributed by atoms with Gasteiger partial charge in [0.2, 0.25) is 53.2 Å². The standard InChI is InChI=1S/C42H58N10O14/c1-21(2)35(42(66)47-26(36(46)60)12-15-31(44)54)52-41(65)30(18-22-6-4-3-5-7-22)51-39(63)28(14-17-34(58)59)48-38(62)27(13-16-33(56)57)49-40(64)29(19-23-8-10-24(53)11-9-23)50-37(61)25(43)20-32(45)55/h3-11,21,25-30,35,53H,12-20,43H2,1-2H3,(H2,44,54)(H2,45,55)(H2,46,60)(H,47,66)(H,48,62)(H,49,64)(H,50,61)(H,51,63)(H,52,65)(H,56,57)(H,58,59)/t25-,26-,27-,28-,29-,30-,35-/m0/s1. The second kappa shape index (κ2) is 26.9. The maximum Gasteiger partial charge on any atom is 0.303 e. The van der Waals surface area contributed by atoms with Crippen molar-refractivity contribution in [2.75, 3.05) is 0 Å². The van der Waals surface area contributed by atoms with Crippen molar-refractivity contribution < 1.29 is 68.1 Å². The Balaban J connectivity index is 2.47. The van der Waals surface area contributed by atoms with Crippen molar-refractivity contribution in [1.82, 2.24) is 31.9 Å². The first kappa shape index (κ1) is 54.5. The van der Waals surface area contributed by atoms with Gasteiger partial charge in [-0.05, 0) is 48.4 Å². The Hall–Kier alpha value is -7.63. The van der Waals surface area contributed by atoms with Gasteiger partial charge in [-0.2, -0.15) is 0 Å². The van der Waals surface area contributed by atoms with Gasteiger partial charge in [-0.3, -0.25) is 52.7 Å². The first-order chi connectivity index (χ1) is 31.0. The molecule has 0 bridgehead atoms. The van der Waals surface area contributed by atoms with Gasteiger partial charge in [-0.15, -0.1) is 0 Å². The number of nitrogens with two attached hydrogens (primary N) is 4. The lowest BCUT2D eigenvalue weighted by molar-refractivity contribution is -0.140. The Kier molecular flexibility index (Phi) is 22.2. The predicted octanol–water partition coefficient (Wildman–Crippen LogP) is -3.57. The summed E-state index contributed by atoms with van der Waals surface area (Å²) in [6.07, 6.45) is -4.18. The molecule has 2 aromatic rings. The van der Waals surface area contributed by atoms with Crippen molar-refractivity contribution >= 4 is 65.1 Å². The largest absolute Gasteiger partial charge is 0.508 e. The molecule has 9 amide bonds. The topological polar surface area (TPSA) is 425 Å². The number of aromatic hydroxyl groups is 1. The number of primary amides is 3. The molecule has 0 unspecified atom stereocenters. The van der Waals surface area contributed by atoms with Gasteiger partial charge < -0.3 is 70.2 Å². The van der Waals surface area contributed by atoms with E-state index in [1.807, 2.05) is 0 Å². The Morgan fingerprint density at radius 1 is 0.500 bits per heavy atom. The number of carboxylic acids is 2. The summed E-state index contributed by atoms with van der Waals surface area (Å²) in [6.45, 7) is 3.13. The van der Waals surface area contributed by atoms with E-state index in [0.29, 0.717) is 11.1 Å². The van der Waals surface area contributed by atoms with Crippen molar-refractivity contribution in [1.29, 1.82) is 0 Å². The van der Waals surface area contributed by atoms with E-state index in [1.54, 1.807) is 44.2 Å². The lowest BCUT2D eigenvalue weighted by Gasteiger charge is -2.28. The second-order valence-corrected chi connectivity index (χ2v) is 15.6. The summed E-state index contributed by atoms with van der Waals surface area (Å²) in [5, 5.41) is 43.2. The third-order valence-corrected chi connectivity index (χ3v) is 9.83. The number of phenols is 1. The molecular formula is C42H58N10O14. The van der Waals surface area contributed by atoms with Gasteiger partial charge in [0, 0.05) is 32.1 Å². The van der Waals surface area contributed by atoms with E-state index in [0.717, 1.165) is 0 Å². The number of hydrogen-bond donors (Lipinski definition) is 13. The highest BCUT2D eigenvalue weighted by atomic mass is 16.4. The van der Waals surface area contributed by atoms with Crippen molar-refractivity contribution in [3.05, 3.63) is 65.7 Å². The van der Waals surface area contributed by atoms with E-state index in [2.05, 4.69) is 31.9 Å². The number of carbonyl (C=O) groups is 11. The van der Waals surface area contributed by atoms with Crippen molar-refractivity contribution in [2.45, 2.75) is 114 Å². The third-order valence-electron chi connectivity index (χ3n) is 9.83. The van der Waals surface area contributed by atoms with E-state index >= 15 is 0 Å². The van der Waals surface area contributed by atoms with Gasteiger partial charge in [-0.1, -0.05) is 56.3 Å². The van der Waals surface area contributed by atoms with Crippen molar-refractivity contribution in [3.63, 3.8) is 0 Å². The van der Waals surface area contributed by atoms with E-state index in [-0.39, 0.29) is 31.4 Å². The summed E-state index contributed by atoms with van der Waals surface area (Å²) in [6, 6.07) is 2.95. The molecule has 0 radical (unpaired) electrons. The van der Waals surface area contributed by atoms with Gasteiger partial charge in [0.1, 0.15) is 42.0 Å². The lowest BCUT2D eigenvalue weighted by atomic mass is 9.99. The maximum atomic E-state index is 14.0. The molecule has 0 spiro atoms. The number of rotatable bonds is 29. The van der Waals surface area contributed by atoms with Gasteiger partial charge in [0.25, 0.3) is 0 Å². The Morgan fingerprint density at radius 3 is 1.35 bits per heavy atom. The van der Waals surface area contributed by atoms with Crippen molar-refractivity contribution in [2.24, 2.45) is 28.9 Å². The quantitative estimate of drug-likeness (QED) is 0.0375. The van der Waals surface area contributed by atoms with Crippen LogP contribution in [0.3, 0.4) is 0 Å². The summed E-state index contributed by atoms with van der Waals surface area (Å²) in [7, 11) is 0.